The summed E-state index contributed by atoms with van der Waals surface area (Å²) in [6.07, 6.45) is -2.44. The minimum absolute atomic E-state index is 0.169. The van der Waals surface area contributed by atoms with Crippen LogP contribution < -0.4 is 5.32 Å². The van der Waals surface area contributed by atoms with Crippen LogP contribution in [0.3, 0.4) is 0 Å². The molecule has 0 atom stereocenters. The number of halogens is 3. The standard InChI is InChI=1S/C12H20F3N3/c1-5-6-18-10(12(13,14)15)9(8-17-18)7-16-11(2,3)4/h8,16H,5-7H2,1-4H3. The zero-order valence-corrected chi connectivity index (χ0v) is 11.2. The summed E-state index contributed by atoms with van der Waals surface area (Å²) < 4.78 is 40.0. The maximum Gasteiger partial charge on any atom is 0.433 e. The fourth-order valence-electron chi connectivity index (χ4n) is 1.62. The molecule has 0 aliphatic rings. The van der Waals surface area contributed by atoms with Gasteiger partial charge in [0.2, 0.25) is 0 Å². The van der Waals surface area contributed by atoms with Crippen LogP contribution in [0.2, 0.25) is 0 Å². The van der Waals surface area contributed by atoms with E-state index >= 15 is 0 Å². The second-order valence-corrected chi connectivity index (χ2v) is 5.34. The molecule has 104 valence electrons. The number of nitrogens with one attached hydrogen (secondary N) is 1. The second kappa shape index (κ2) is 5.30. The summed E-state index contributed by atoms with van der Waals surface area (Å²) in [5.41, 5.74) is -0.664. The molecule has 0 bridgehead atoms. The fraction of sp³-hybridized carbons (Fsp3) is 0.750. The normalized spacial score (nSPS) is 13.1. The SMILES string of the molecule is CCCn1ncc(CNC(C)(C)C)c1C(F)(F)F. The summed E-state index contributed by atoms with van der Waals surface area (Å²) in [5, 5.41) is 6.88. The fourth-order valence-corrected chi connectivity index (χ4v) is 1.62. The number of hydrogen-bond donors (Lipinski definition) is 1. The Hall–Kier alpha value is -1.04. The minimum atomic E-state index is -4.36. The molecular weight excluding hydrogens is 243 g/mol. The molecule has 1 N–H and O–H groups in total. The maximum atomic E-state index is 13.0. The average Bonchev–Trinajstić information content (AvgIpc) is 2.57. The third kappa shape index (κ3) is 4.01. The number of rotatable bonds is 4. The lowest BCUT2D eigenvalue weighted by molar-refractivity contribution is -0.144. The van der Waals surface area contributed by atoms with Gasteiger partial charge in [0.15, 0.2) is 0 Å². The lowest BCUT2D eigenvalue weighted by atomic mass is 10.1. The summed E-state index contributed by atoms with van der Waals surface area (Å²) in [5.74, 6) is 0. The Labute approximate surface area is 105 Å². The van der Waals surface area contributed by atoms with Crippen LogP contribution in [0.4, 0.5) is 13.2 Å². The van der Waals surface area contributed by atoms with E-state index in [9.17, 15) is 13.2 Å². The van der Waals surface area contributed by atoms with E-state index in [1.54, 1.807) is 0 Å². The molecule has 6 heteroatoms. The first-order valence-electron chi connectivity index (χ1n) is 6.02. The number of hydrogen-bond acceptors (Lipinski definition) is 2. The molecule has 1 heterocycles. The smallest absolute Gasteiger partial charge is 0.308 e. The molecule has 0 unspecified atom stereocenters. The molecule has 0 radical (unpaired) electrons. The van der Waals surface area contributed by atoms with Crippen molar-refractivity contribution >= 4 is 0 Å². The molecule has 1 aromatic rings. The number of aromatic nitrogens is 2. The van der Waals surface area contributed by atoms with Gasteiger partial charge in [-0.1, -0.05) is 6.92 Å². The van der Waals surface area contributed by atoms with Crippen molar-refractivity contribution in [2.75, 3.05) is 0 Å². The van der Waals surface area contributed by atoms with Crippen molar-refractivity contribution in [2.24, 2.45) is 0 Å². The van der Waals surface area contributed by atoms with Gasteiger partial charge in [-0.3, -0.25) is 4.68 Å². The number of aryl methyl sites for hydroxylation is 1. The zero-order valence-electron chi connectivity index (χ0n) is 11.2. The highest BCUT2D eigenvalue weighted by Gasteiger charge is 2.37. The summed E-state index contributed by atoms with van der Waals surface area (Å²) in [6, 6.07) is 0. The molecule has 0 saturated carbocycles. The monoisotopic (exact) mass is 263 g/mol. The van der Waals surface area contributed by atoms with E-state index in [2.05, 4.69) is 10.4 Å². The molecule has 0 aromatic carbocycles. The van der Waals surface area contributed by atoms with E-state index in [0.717, 1.165) is 4.68 Å². The molecule has 0 spiro atoms. The first-order valence-corrected chi connectivity index (χ1v) is 6.02. The summed E-state index contributed by atoms with van der Waals surface area (Å²) in [7, 11) is 0. The maximum absolute atomic E-state index is 13.0. The van der Waals surface area contributed by atoms with Gasteiger partial charge in [0.1, 0.15) is 5.69 Å². The summed E-state index contributed by atoms with van der Waals surface area (Å²) in [4.78, 5) is 0. The van der Waals surface area contributed by atoms with E-state index in [0.29, 0.717) is 6.42 Å². The van der Waals surface area contributed by atoms with Crippen LogP contribution in [-0.2, 0) is 19.3 Å². The molecular formula is C12H20F3N3. The Balaban J connectivity index is 2.98. The molecule has 1 aromatic heterocycles. The van der Waals surface area contributed by atoms with Crippen LogP contribution in [0, 0.1) is 0 Å². The average molecular weight is 263 g/mol. The van der Waals surface area contributed by atoms with Gasteiger partial charge in [-0.15, -0.1) is 0 Å². The van der Waals surface area contributed by atoms with Crippen LogP contribution in [0.1, 0.15) is 45.4 Å². The molecule has 18 heavy (non-hydrogen) atoms. The highest BCUT2D eigenvalue weighted by Crippen LogP contribution is 2.32. The van der Waals surface area contributed by atoms with E-state index < -0.39 is 11.9 Å². The van der Waals surface area contributed by atoms with Gasteiger partial charge < -0.3 is 5.32 Å². The van der Waals surface area contributed by atoms with Crippen molar-refractivity contribution in [1.29, 1.82) is 0 Å². The second-order valence-electron chi connectivity index (χ2n) is 5.34. The van der Waals surface area contributed by atoms with E-state index in [4.69, 9.17) is 0 Å². The predicted octanol–water partition coefficient (Wildman–Crippen LogP) is 3.20. The highest BCUT2D eigenvalue weighted by atomic mass is 19.4. The van der Waals surface area contributed by atoms with Crippen molar-refractivity contribution in [2.45, 2.75) is 58.9 Å². The molecule has 0 aliphatic heterocycles. The van der Waals surface area contributed by atoms with Crippen molar-refractivity contribution in [3.8, 4) is 0 Å². The topological polar surface area (TPSA) is 29.9 Å². The van der Waals surface area contributed by atoms with Crippen molar-refractivity contribution in [3.05, 3.63) is 17.5 Å². The number of alkyl halides is 3. The zero-order chi connectivity index (χ0) is 14.0. The third-order valence-electron chi connectivity index (χ3n) is 2.43. The Morgan fingerprint density at radius 1 is 1.28 bits per heavy atom. The van der Waals surface area contributed by atoms with Gasteiger partial charge in [0.05, 0.1) is 6.20 Å². The van der Waals surface area contributed by atoms with Gasteiger partial charge in [0.25, 0.3) is 0 Å². The lowest BCUT2D eigenvalue weighted by Gasteiger charge is -2.21. The lowest BCUT2D eigenvalue weighted by Crippen LogP contribution is -2.35. The molecule has 0 fully saturated rings. The Morgan fingerprint density at radius 2 is 1.89 bits per heavy atom. The molecule has 0 aliphatic carbocycles. The third-order valence-corrected chi connectivity index (χ3v) is 2.43. The van der Waals surface area contributed by atoms with Crippen molar-refractivity contribution < 1.29 is 13.2 Å². The molecule has 0 amide bonds. The quantitative estimate of drug-likeness (QED) is 0.904. The number of nitrogens with zero attached hydrogens (tertiary/aromatic N) is 2. The van der Waals surface area contributed by atoms with E-state index in [1.165, 1.54) is 6.20 Å². The Bertz CT molecular complexity index is 388. The molecule has 1 rings (SSSR count). The van der Waals surface area contributed by atoms with Gasteiger partial charge in [-0.2, -0.15) is 18.3 Å². The van der Waals surface area contributed by atoms with Gasteiger partial charge in [-0.05, 0) is 27.2 Å². The Kier molecular flexibility index (Phi) is 4.42. The van der Waals surface area contributed by atoms with E-state index in [1.807, 2.05) is 27.7 Å². The van der Waals surface area contributed by atoms with Crippen LogP contribution in [-0.4, -0.2) is 15.3 Å². The van der Waals surface area contributed by atoms with E-state index in [-0.39, 0.29) is 24.2 Å². The van der Waals surface area contributed by atoms with Crippen LogP contribution >= 0.6 is 0 Å². The van der Waals surface area contributed by atoms with Crippen molar-refractivity contribution in [1.82, 2.24) is 15.1 Å². The molecule has 3 nitrogen and oxygen atoms in total. The van der Waals surface area contributed by atoms with Crippen LogP contribution in [0.15, 0.2) is 6.20 Å². The summed E-state index contributed by atoms with van der Waals surface area (Å²) >= 11 is 0. The Morgan fingerprint density at radius 3 is 2.33 bits per heavy atom. The van der Waals surface area contributed by atoms with Crippen LogP contribution in [0.25, 0.3) is 0 Å². The van der Waals surface area contributed by atoms with Gasteiger partial charge in [0, 0.05) is 24.2 Å². The van der Waals surface area contributed by atoms with Crippen molar-refractivity contribution in [3.63, 3.8) is 0 Å². The minimum Gasteiger partial charge on any atom is -0.308 e. The van der Waals surface area contributed by atoms with Gasteiger partial charge in [-0.25, -0.2) is 0 Å². The van der Waals surface area contributed by atoms with Crippen LogP contribution in [0.5, 0.6) is 0 Å². The van der Waals surface area contributed by atoms with Gasteiger partial charge >= 0.3 is 6.18 Å². The molecule has 0 saturated heterocycles. The first kappa shape index (κ1) is 15.0. The largest absolute Gasteiger partial charge is 0.433 e. The highest BCUT2D eigenvalue weighted by molar-refractivity contribution is 5.21. The first-order chi connectivity index (χ1) is 8.15. The predicted molar refractivity (Wildman–Crippen MR) is 64.1 cm³/mol. The summed E-state index contributed by atoms with van der Waals surface area (Å²) in [6.45, 7) is 8.02.